The summed E-state index contributed by atoms with van der Waals surface area (Å²) in [6.45, 7) is 0. The number of benzene rings is 2. The van der Waals surface area contributed by atoms with Gasteiger partial charge >= 0.3 is 0 Å². The molecule has 0 fully saturated rings. The van der Waals surface area contributed by atoms with Crippen molar-refractivity contribution in [1.82, 2.24) is 0 Å². The minimum Gasteiger partial charge on any atom is -0.508 e. The molecule has 2 aromatic carbocycles. The molecule has 3 nitrogen and oxygen atoms in total. The second-order valence-electron chi connectivity index (χ2n) is 3.94. The van der Waals surface area contributed by atoms with Crippen molar-refractivity contribution in [2.75, 3.05) is 7.11 Å². The van der Waals surface area contributed by atoms with Crippen molar-refractivity contribution in [3.8, 4) is 5.75 Å². The van der Waals surface area contributed by atoms with Crippen LogP contribution in [0, 0.1) is 0 Å². The molecule has 0 spiro atoms. The molecular weight excluding hydrogens is 228 g/mol. The van der Waals surface area contributed by atoms with E-state index in [1.165, 1.54) is 19.2 Å². The number of methoxy groups -OCH3 is 1. The highest BCUT2D eigenvalue weighted by atomic mass is 16.5. The lowest BCUT2D eigenvalue weighted by molar-refractivity contribution is 0.0604. The molecule has 0 amide bonds. The number of aromatic hydroxyl groups is 1. The molecule has 0 heterocycles. The highest BCUT2D eigenvalue weighted by molar-refractivity contribution is 6.00. The summed E-state index contributed by atoms with van der Waals surface area (Å²) >= 11 is 0. The van der Waals surface area contributed by atoms with Crippen LogP contribution in [0.5, 0.6) is 5.75 Å². The number of Topliss-reactive ketones (excluding diaryl/α,β-unsaturated/α-hetero) is 1. The fraction of sp³-hybridized carbons (Fsp3) is 0.133. The Bertz CT molecular complexity index is 517. The lowest BCUT2D eigenvalue weighted by Gasteiger charge is -2.14. The molecule has 2 aromatic rings. The molecule has 0 aromatic heterocycles. The van der Waals surface area contributed by atoms with Crippen molar-refractivity contribution in [1.29, 1.82) is 0 Å². The second-order valence-corrected chi connectivity index (χ2v) is 3.94. The van der Waals surface area contributed by atoms with Crippen LogP contribution in [0.3, 0.4) is 0 Å². The van der Waals surface area contributed by atoms with Crippen molar-refractivity contribution in [3.05, 3.63) is 65.7 Å². The predicted octanol–water partition coefficient (Wildman–Crippen LogP) is 2.96. The minimum atomic E-state index is -0.615. The Kier molecular flexibility index (Phi) is 3.75. The number of ether oxygens (including phenoxy) is 1. The van der Waals surface area contributed by atoms with Gasteiger partial charge in [0.25, 0.3) is 0 Å². The van der Waals surface area contributed by atoms with E-state index in [0.717, 1.165) is 5.56 Å². The fourth-order valence-electron chi connectivity index (χ4n) is 1.80. The molecule has 0 saturated heterocycles. The van der Waals surface area contributed by atoms with Gasteiger partial charge in [0.1, 0.15) is 11.9 Å². The average Bonchev–Trinajstić information content (AvgIpc) is 2.41. The lowest BCUT2D eigenvalue weighted by Crippen LogP contribution is -2.14. The van der Waals surface area contributed by atoms with E-state index < -0.39 is 6.10 Å². The number of carbonyl (C=O) groups is 1. The zero-order valence-corrected chi connectivity index (χ0v) is 10.0. The number of hydrogen-bond donors (Lipinski definition) is 1. The van der Waals surface area contributed by atoms with Crippen molar-refractivity contribution < 1.29 is 14.6 Å². The van der Waals surface area contributed by atoms with E-state index in [9.17, 15) is 9.90 Å². The van der Waals surface area contributed by atoms with E-state index in [-0.39, 0.29) is 11.5 Å². The van der Waals surface area contributed by atoms with Crippen LogP contribution in [-0.4, -0.2) is 18.0 Å². The topological polar surface area (TPSA) is 46.5 Å². The molecule has 0 bridgehead atoms. The average molecular weight is 242 g/mol. The van der Waals surface area contributed by atoms with E-state index >= 15 is 0 Å². The van der Waals surface area contributed by atoms with Gasteiger partial charge < -0.3 is 9.84 Å². The summed E-state index contributed by atoms with van der Waals surface area (Å²) in [5.41, 5.74) is 1.33. The van der Waals surface area contributed by atoms with Crippen LogP contribution in [0.1, 0.15) is 22.0 Å². The summed E-state index contributed by atoms with van der Waals surface area (Å²) in [5, 5.41) is 9.21. The summed E-state index contributed by atoms with van der Waals surface area (Å²) in [6, 6.07) is 15.5. The van der Waals surface area contributed by atoms with Gasteiger partial charge in [0.05, 0.1) is 0 Å². The third-order valence-electron chi connectivity index (χ3n) is 2.73. The molecule has 18 heavy (non-hydrogen) atoms. The standard InChI is InChI=1S/C15H14O3/c1-18-15(12-5-3-2-4-6-12)14(17)11-7-9-13(16)10-8-11/h2-10,15-16H,1H3. The fourth-order valence-corrected chi connectivity index (χ4v) is 1.80. The Morgan fingerprint density at radius 3 is 2.22 bits per heavy atom. The normalized spacial score (nSPS) is 12.1. The molecular formula is C15H14O3. The van der Waals surface area contributed by atoms with Gasteiger partial charge in [-0.3, -0.25) is 4.79 Å². The van der Waals surface area contributed by atoms with Gasteiger partial charge in [0, 0.05) is 12.7 Å². The van der Waals surface area contributed by atoms with Crippen LogP contribution in [0.25, 0.3) is 0 Å². The summed E-state index contributed by atoms with van der Waals surface area (Å²) < 4.78 is 5.27. The third kappa shape index (κ3) is 2.57. The van der Waals surface area contributed by atoms with Crippen LogP contribution < -0.4 is 0 Å². The Hall–Kier alpha value is -2.13. The van der Waals surface area contributed by atoms with E-state index in [4.69, 9.17) is 4.74 Å². The lowest BCUT2D eigenvalue weighted by atomic mass is 10.00. The van der Waals surface area contributed by atoms with Crippen LogP contribution in [0.2, 0.25) is 0 Å². The molecule has 2 rings (SSSR count). The molecule has 1 atom stereocenters. The first-order chi connectivity index (χ1) is 8.72. The highest BCUT2D eigenvalue weighted by Gasteiger charge is 2.21. The Balaban J connectivity index is 2.28. The van der Waals surface area contributed by atoms with Crippen LogP contribution in [-0.2, 0) is 4.74 Å². The molecule has 0 radical (unpaired) electrons. The van der Waals surface area contributed by atoms with Crippen LogP contribution >= 0.6 is 0 Å². The molecule has 0 saturated carbocycles. The highest BCUT2D eigenvalue weighted by Crippen LogP contribution is 2.22. The number of hydrogen-bond acceptors (Lipinski definition) is 3. The van der Waals surface area contributed by atoms with Crippen molar-refractivity contribution in [3.63, 3.8) is 0 Å². The Morgan fingerprint density at radius 2 is 1.67 bits per heavy atom. The van der Waals surface area contributed by atoms with Crippen molar-refractivity contribution >= 4 is 5.78 Å². The molecule has 92 valence electrons. The summed E-state index contributed by atoms with van der Waals surface area (Å²) in [6.07, 6.45) is -0.615. The third-order valence-corrected chi connectivity index (χ3v) is 2.73. The van der Waals surface area contributed by atoms with Gasteiger partial charge in [-0.25, -0.2) is 0 Å². The van der Waals surface area contributed by atoms with Crippen LogP contribution in [0.15, 0.2) is 54.6 Å². The maximum absolute atomic E-state index is 12.3. The molecule has 1 unspecified atom stereocenters. The number of ketones is 1. The maximum atomic E-state index is 12.3. The zero-order valence-electron chi connectivity index (χ0n) is 10.0. The monoisotopic (exact) mass is 242 g/mol. The second kappa shape index (κ2) is 5.47. The smallest absolute Gasteiger partial charge is 0.196 e. The molecule has 0 aliphatic rings. The maximum Gasteiger partial charge on any atom is 0.196 e. The van der Waals surface area contributed by atoms with Gasteiger partial charge in [0.15, 0.2) is 5.78 Å². The predicted molar refractivity (Wildman–Crippen MR) is 68.6 cm³/mol. The summed E-state index contributed by atoms with van der Waals surface area (Å²) in [7, 11) is 1.51. The quantitative estimate of drug-likeness (QED) is 0.838. The van der Waals surface area contributed by atoms with Gasteiger partial charge in [-0.1, -0.05) is 30.3 Å². The van der Waals surface area contributed by atoms with Gasteiger partial charge in [-0.05, 0) is 29.8 Å². The van der Waals surface area contributed by atoms with Gasteiger partial charge in [-0.15, -0.1) is 0 Å². The molecule has 3 heteroatoms. The first-order valence-electron chi connectivity index (χ1n) is 5.63. The van der Waals surface area contributed by atoms with Crippen molar-refractivity contribution in [2.24, 2.45) is 0 Å². The minimum absolute atomic E-state index is 0.122. The Labute approximate surface area is 106 Å². The number of phenols is 1. The summed E-state index contributed by atoms with van der Waals surface area (Å²) in [4.78, 5) is 12.3. The number of carbonyl (C=O) groups excluding carboxylic acids is 1. The SMILES string of the molecule is COC(C(=O)c1ccc(O)cc1)c1ccccc1. The van der Waals surface area contributed by atoms with E-state index in [2.05, 4.69) is 0 Å². The molecule has 0 aliphatic heterocycles. The van der Waals surface area contributed by atoms with E-state index in [1.54, 1.807) is 12.1 Å². The van der Waals surface area contributed by atoms with Crippen LogP contribution in [0.4, 0.5) is 0 Å². The Morgan fingerprint density at radius 1 is 1.06 bits per heavy atom. The number of rotatable bonds is 4. The first kappa shape index (κ1) is 12.3. The number of phenolic OH excluding ortho intramolecular Hbond substituents is 1. The first-order valence-corrected chi connectivity index (χ1v) is 5.63. The molecule has 1 N–H and O–H groups in total. The van der Waals surface area contributed by atoms with E-state index in [1.807, 2.05) is 30.3 Å². The van der Waals surface area contributed by atoms with E-state index in [0.29, 0.717) is 5.56 Å². The molecule has 0 aliphatic carbocycles. The van der Waals surface area contributed by atoms with Crippen molar-refractivity contribution in [2.45, 2.75) is 6.10 Å². The zero-order chi connectivity index (χ0) is 13.0. The summed E-state index contributed by atoms with van der Waals surface area (Å²) in [5.74, 6) is 0.0175. The largest absolute Gasteiger partial charge is 0.508 e. The van der Waals surface area contributed by atoms with Gasteiger partial charge in [-0.2, -0.15) is 0 Å². The van der Waals surface area contributed by atoms with Gasteiger partial charge in [0.2, 0.25) is 0 Å².